The second kappa shape index (κ2) is 10.1. The summed E-state index contributed by atoms with van der Waals surface area (Å²) in [6, 6.07) is 3.83. The molecule has 2 amide bonds. The van der Waals surface area contributed by atoms with E-state index in [1.165, 1.54) is 19.2 Å². The lowest BCUT2D eigenvalue weighted by atomic mass is 10.1. The molecule has 0 radical (unpaired) electrons. The Kier molecular flexibility index (Phi) is 6.85. The van der Waals surface area contributed by atoms with Gasteiger partial charge in [-0.2, -0.15) is 5.10 Å². The SMILES string of the molecule is COc1c2n(c3c4nn(c(=O)c13)Cc1ccc(F)cc1OCCCCCNC4=O)[C@@H](C)CN(C(C)C)C2=O. The molecular weight excluding hydrogens is 493 g/mol. The molecule has 1 N–H and O–H groups in total. The minimum Gasteiger partial charge on any atom is -0.493 e. The van der Waals surface area contributed by atoms with Gasteiger partial charge in [-0.1, -0.05) is 6.07 Å². The van der Waals surface area contributed by atoms with E-state index < -0.39 is 17.3 Å². The summed E-state index contributed by atoms with van der Waals surface area (Å²) >= 11 is 0. The van der Waals surface area contributed by atoms with Crippen LogP contribution in [0.25, 0.3) is 10.9 Å². The van der Waals surface area contributed by atoms with Gasteiger partial charge in [0.1, 0.15) is 17.0 Å². The van der Waals surface area contributed by atoms with Gasteiger partial charge in [0, 0.05) is 36.8 Å². The Morgan fingerprint density at radius 1 is 1.18 bits per heavy atom. The summed E-state index contributed by atoms with van der Waals surface area (Å²) in [5.41, 5.74) is 0.561. The fourth-order valence-corrected chi connectivity index (χ4v) is 5.30. The second-order valence-corrected chi connectivity index (χ2v) is 10.1. The molecule has 10 nitrogen and oxygen atoms in total. The van der Waals surface area contributed by atoms with E-state index in [9.17, 15) is 18.8 Å². The molecule has 0 fully saturated rings. The molecule has 2 aromatic heterocycles. The van der Waals surface area contributed by atoms with Crippen LogP contribution < -0.4 is 20.3 Å². The Morgan fingerprint density at radius 2 is 1.97 bits per heavy atom. The molecule has 2 aliphatic heterocycles. The minimum atomic E-state index is -0.520. The topological polar surface area (TPSA) is 108 Å². The van der Waals surface area contributed by atoms with Crippen molar-refractivity contribution < 1.29 is 23.5 Å². The average Bonchev–Trinajstić information content (AvgIpc) is 3.24. The Balaban J connectivity index is 1.80. The van der Waals surface area contributed by atoms with E-state index in [-0.39, 0.29) is 52.6 Å². The van der Waals surface area contributed by atoms with Gasteiger partial charge in [0.15, 0.2) is 17.1 Å². The number of carbonyl (C=O) groups is 2. The van der Waals surface area contributed by atoms with E-state index in [2.05, 4.69) is 10.4 Å². The third-order valence-corrected chi connectivity index (χ3v) is 7.18. The van der Waals surface area contributed by atoms with Crippen LogP contribution in [0.5, 0.6) is 11.5 Å². The van der Waals surface area contributed by atoms with E-state index in [0.717, 1.165) is 17.5 Å². The van der Waals surface area contributed by atoms with Crippen LogP contribution in [0.4, 0.5) is 4.39 Å². The maximum atomic E-state index is 14.0. The smallest absolute Gasteiger partial charge is 0.280 e. The normalized spacial score (nSPS) is 18.5. The number of aromatic nitrogens is 3. The molecule has 1 atom stereocenters. The summed E-state index contributed by atoms with van der Waals surface area (Å²) in [4.78, 5) is 42.8. The largest absolute Gasteiger partial charge is 0.493 e. The molecule has 38 heavy (non-hydrogen) atoms. The molecular formula is C27H32FN5O5. The first-order chi connectivity index (χ1) is 18.2. The van der Waals surface area contributed by atoms with Gasteiger partial charge in [0.25, 0.3) is 17.4 Å². The van der Waals surface area contributed by atoms with Crippen LogP contribution in [0.1, 0.15) is 72.6 Å². The predicted octanol–water partition coefficient (Wildman–Crippen LogP) is 3.11. The van der Waals surface area contributed by atoms with Crippen LogP contribution in [-0.4, -0.2) is 63.9 Å². The number of nitrogens with zero attached hydrogens (tertiary/aromatic N) is 4. The van der Waals surface area contributed by atoms with Crippen LogP contribution >= 0.6 is 0 Å². The van der Waals surface area contributed by atoms with E-state index in [0.29, 0.717) is 37.4 Å². The van der Waals surface area contributed by atoms with Gasteiger partial charge in [-0.15, -0.1) is 0 Å². The molecule has 4 heterocycles. The highest BCUT2D eigenvalue weighted by Crippen LogP contribution is 2.39. The van der Waals surface area contributed by atoms with Crippen LogP contribution in [0, 0.1) is 5.82 Å². The lowest BCUT2D eigenvalue weighted by Crippen LogP contribution is -2.45. The lowest BCUT2D eigenvalue weighted by molar-refractivity contribution is 0.0614. The Labute approximate surface area is 219 Å². The molecule has 11 heteroatoms. The van der Waals surface area contributed by atoms with Crippen molar-refractivity contribution in [2.45, 2.75) is 58.7 Å². The van der Waals surface area contributed by atoms with Gasteiger partial charge in [-0.05, 0) is 46.1 Å². The Bertz CT molecular complexity index is 1480. The predicted molar refractivity (Wildman–Crippen MR) is 139 cm³/mol. The molecule has 2 bridgehead atoms. The minimum absolute atomic E-state index is 0.0310. The van der Waals surface area contributed by atoms with Crippen LogP contribution in [-0.2, 0) is 6.54 Å². The van der Waals surface area contributed by atoms with Crippen molar-refractivity contribution in [1.29, 1.82) is 0 Å². The van der Waals surface area contributed by atoms with Crippen LogP contribution in [0.15, 0.2) is 23.0 Å². The highest BCUT2D eigenvalue weighted by Gasteiger charge is 2.39. The maximum absolute atomic E-state index is 14.0. The molecule has 2 aliphatic rings. The first kappa shape index (κ1) is 25.7. The Morgan fingerprint density at radius 3 is 2.71 bits per heavy atom. The Hall–Kier alpha value is -3.89. The van der Waals surface area contributed by atoms with Gasteiger partial charge in [0.05, 0.1) is 25.8 Å². The summed E-state index contributed by atoms with van der Waals surface area (Å²) in [5.74, 6) is -0.728. The highest BCUT2D eigenvalue weighted by atomic mass is 19.1. The molecule has 0 saturated heterocycles. The van der Waals surface area contributed by atoms with Crippen molar-refractivity contribution >= 4 is 22.7 Å². The highest BCUT2D eigenvalue weighted by molar-refractivity contribution is 6.11. The third kappa shape index (κ3) is 4.29. The first-order valence-corrected chi connectivity index (χ1v) is 13.0. The van der Waals surface area contributed by atoms with Gasteiger partial charge in [-0.25, -0.2) is 9.07 Å². The van der Waals surface area contributed by atoms with Gasteiger partial charge >= 0.3 is 0 Å². The summed E-state index contributed by atoms with van der Waals surface area (Å²) in [7, 11) is 1.41. The molecule has 0 spiro atoms. The summed E-state index contributed by atoms with van der Waals surface area (Å²) < 4.78 is 28.5. The first-order valence-electron chi connectivity index (χ1n) is 13.0. The molecule has 0 aliphatic carbocycles. The van der Waals surface area contributed by atoms with Gasteiger partial charge < -0.3 is 24.3 Å². The summed E-state index contributed by atoms with van der Waals surface area (Å²) in [5, 5.41) is 7.53. The number of hydrogen-bond donors (Lipinski definition) is 1. The third-order valence-electron chi connectivity index (χ3n) is 7.18. The molecule has 0 saturated carbocycles. The fourth-order valence-electron chi connectivity index (χ4n) is 5.30. The van der Waals surface area contributed by atoms with Crippen molar-refractivity contribution in [3.63, 3.8) is 0 Å². The molecule has 5 rings (SSSR count). The molecule has 3 aromatic rings. The molecule has 1 aromatic carbocycles. The zero-order valence-electron chi connectivity index (χ0n) is 22.0. The number of hydrogen-bond acceptors (Lipinski definition) is 6. The number of nitrogens with one attached hydrogen (secondary N) is 1. The number of methoxy groups -OCH3 is 1. The van der Waals surface area contributed by atoms with E-state index >= 15 is 0 Å². The second-order valence-electron chi connectivity index (χ2n) is 10.1. The van der Waals surface area contributed by atoms with Crippen LogP contribution in [0.2, 0.25) is 0 Å². The monoisotopic (exact) mass is 525 g/mol. The summed E-state index contributed by atoms with van der Waals surface area (Å²) in [6.07, 6.45) is 2.24. The number of amides is 2. The quantitative estimate of drug-likeness (QED) is 0.551. The van der Waals surface area contributed by atoms with Crippen LogP contribution in [0.3, 0.4) is 0 Å². The van der Waals surface area contributed by atoms with Crippen molar-refractivity contribution in [3.8, 4) is 11.5 Å². The van der Waals surface area contributed by atoms with E-state index in [1.807, 2.05) is 20.8 Å². The van der Waals surface area contributed by atoms with Crippen molar-refractivity contribution in [2.75, 3.05) is 26.8 Å². The number of ether oxygens (including phenoxy) is 2. The molecule has 0 unspecified atom stereocenters. The van der Waals surface area contributed by atoms with Gasteiger partial charge in [-0.3, -0.25) is 14.4 Å². The van der Waals surface area contributed by atoms with Crippen molar-refractivity contribution in [1.82, 2.24) is 24.6 Å². The van der Waals surface area contributed by atoms with E-state index in [4.69, 9.17) is 9.47 Å². The fraction of sp³-hybridized carbons (Fsp3) is 0.481. The standard InChI is InChI=1S/C27H32FN5O5/c1-15(2)31-13-16(3)33-22-20(24(37-4)23(33)27(31)36)26(35)32-14-17-8-9-18(28)12-19(17)38-11-7-5-6-10-29-25(34)21(22)30-32/h8-9,12,15-16H,5-7,10-11,13-14H2,1-4H3,(H,29,34)/t16-/m0/s1. The zero-order chi connectivity index (χ0) is 27.1. The number of rotatable bonds is 2. The van der Waals surface area contributed by atoms with Crippen molar-refractivity contribution in [2.24, 2.45) is 0 Å². The summed E-state index contributed by atoms with van der Waals surface area (Å²) in [6.45, 7) is 6.93. The maximum Gasteiger partial charge on any atom is 0.280 e. The molecule has 202 valence electrons. The number of fused-ring (bicyclic) bond motifs is 7. The number of halogens is 1. The van der Waals surface area contributed by atoms with Gasteiger partial charge in [0.2, 0.25) is 0 Å². The average molecular weight is 526 g/mol. The lowest BCUT2D eigenvalue weighted by Gasteiger charge is -2.36. The zero-order valence-corrected chi connectivity index (χ0v) is 22.0. The van der Waals surface area contributed by atoms with Crippen molar-refractivity contribution in [3.05, 3.63) is 51.3 Å². The number of benzene rings is 1. The van der Waals surface area contributed by atoms with E-state index in [1.54, 1.807) is 15.5 Å². The number of carbonyl (C=O) groups excluding carboxylic acids is 2.